The average molecular weight is 682 g/mol. The molecule has 7 nitrogen and oxygen atoms in total. The molecule has 5 rings (SSSR count). The molecule has 1 aliphatic heterocycles. The first kappa shape index (κ1) is 30.9. The molecular weight excluding hydrogens is 651 g/mol. The maximum atomic E-state index is 12.7. The number of benzene rings is 4. The molecule has 0 aliphatic carbocycles. The minimum absolute atomic E-state index is 0.277. The summed E-state index contributed by atoms with van der Waals surface area (Å²) in [5.41, 5.74) is 7.17. The molecule has 1 heterocycles. The predicted molar refractivity (Wildman–Crippen MR) is 177 cm³/mol. The first-order valence-electron chi connectivity index (χ1n) is 13.8. The van der Waals surface area contributed by atoms with Gasteiger partial charge in [-0.2, -0.15) is 5.10 Å². The Bertz CT molecular complexity index is 1580. The molecule has 43 heavy (non-hydrogen) atoms. The van der Waals surface area contributed by atoms with E-state index < -0.39 is 0 Å². The zero-order valence-corrected chi connectivity index (χ0v) is 26.7. The lowest BCUT2D eigenvalue weighted by molar-refractivity contribution is 0.0955. The maximum absolute atomic E-state index is 12.7. The highest BCUT2D eigenvalue weighted by Crippen LogP contribution is 2.37. The molecule has 1 amide bonds. The fourth-order valence-electron chi connectivity index (χ4n) is 4.79. The molecule has 4 aromatic rings. The van der Waals surface area contributed by atoms with Crippen molar-refractivity contribution < 1.29 is 14.3 Å². The summed E-state index contributed by atoms with van der Waals surface area (Å²) in [6.07, 6.45) is 1.55. The van der Waals surface area contributed by atoms with Crippen LogP contribution in [0.2, 0.25) is 10.0 Å². The molecule has 1 saturated heterocycles. The zero-order valence-electron chi connectivity index (χ0n) is 23.6. The summed E-state index contributed by atoms with van der Waals surface area (Å²) < 4.78 is 12.2. The van der Waals surface area contributed by atoms with E-state index in [4.69, 9.17) is 32.7 Å². The molecule has 10 heteroatoms. The largest absolute Gasteiger partial charge is 0.493 e. The van der Waals surface area contributed by atoms with Crippen LogP contribution in [0.15, 0.2) is 94.5 Å². The van der Waals surface area contributed by atoms with Gasteiger partial charge in [0.2, 0.25) is 0 Å². The Morgan fingerprint density at radius 1 is 0.930 bits per heavy atom. The van der Waals surface area contributed by atoms with Crippen LogP contribution in [-0.2, 0) is 13.2 Å². The van der Waals surface area contributed by atoms with Crippen LogP contribution in [0.5, 0.6) is 11.5 Å². The quantitative estimate of drug-likeness (QED) is 0.139. The SMILES string of the molecule is COc1cc(/C=N\NC(=O)c2ccc(CN3CCN(c4ccccc4)CC3)cc2)cc(Br)c1OCc1ccc(Cl)c(Cl)c1. The van der Waals surface area contributed by atoms with Gasteiger partial charge in [0.1, 0.15) is 6.61 Å². The van der Waals surface area contributed by atoms with E-state index >= 15 is 0 Å². The van der Waals surface area contributed by atoms with Crippen LogP contribution in [0.4, 0.5) is 5.69 Å². The van der Waals surface area contributed by atoms with E-state index in [9.17, 15) is 4.79 Å². The molecule has 0 saturated carbocycles. The smallest absolute Gasteiger partial charge is 0.271 e. The number of carbonyl (C=O) groups is 1. The van der Waals surface area contributed by atoms with Crippen LogP contribution in [0, 0.1) is 0 Å². The van der Waals surface area contributed by atoms with E-state index in [0.717, 1.165) is 38.3 Å². The Morgan fingerprint density at radius 2 is 1.65 bits per heavy atom. The fourth-order valence-corrected chi connectivity index (χ4v) is 5.69. The maximum Gasteiger partial charge on any atom is 0.271 e. The second-order valence-corrected chi connectivity index (χ2v) is 11.7. The van der Waals surface area contributed by atoms with Gasteiger partial charge in [-0.15, -0.1) is 0 Å². The monoisotopic (exact) mass is 680 g/mol. The van der Waals surface area contributed by atoms with Gasteiger partial charge in [-0.1, -0.05) is 59.6 Å². The fraction of sp³-hybridized carbons (Fsp3) is 0.212. The number of hydrazone groups is 1. The van der Waals surface area contributed by atoms with Gasteiger partial charge in [-0.05, 0) is 81.2 Å². The topological polar surface area (TPSA) is 66.4 Å². The molecule has 0 spiro atoms. The first-order valence-corrected chi connectivity index (χ1v) is 15.3. The van der Waals surface area contributed by atoms with Crippen molar-refractivity contribution in [2.75, 3.05) is 38.2 Å². The van der Waals surface area contributed by atoms with Crippen LogP contribution in [0.1, 0.15) is 27.0 Å². The Balaban J connectivity index is 1.12. The molecule has 0 aromatic heterocycles. The van der Waals surface area contributed by atoms with Crippen molar-refractivity contribution in [2.24, 2.45) is 5.10 Å². The summed E-state index contributed by atoms with van der Waals surface area (Å²) in [5, 5.41) is 5.09. The number of para-hydroxylation sites is 1. The number of nitrogens with one attached hydrogen (secondary N) is 1. The summed E-state index contributed by atoms with van der Waals surface area (Å²) in [7, 11) is 1.56. The molecule has 222 valence electrons. The lowest BCUT2D eigenvalue weighted by Gasteiger charge is -2.36. The third-order valence-corrected chi connectivity index (χ3v) is 8.44. The number of amides is 1. The molecule has 0 bridgehead atoms. The Hall–Kier alpha value is -3.56. The van der Waals surface area contributed by atoms with E-state index in [1.165, 1.54) is 11.3 Å². The minimum atomic E-state index is -0.285. The number of hydrogen-bond donors (Lipinski definition) is 1. The van der Waals surface area contributed by atoms with Crippen LogP contribution in [0.3, 0.4) is 0 Å². The third-order valence-electron chi connectivity index (χ3n) is 7.11. The van der Waals surface area contributed by atoms with Crippen LogP contribution in [0.25, 0.3) is 0 Å². The highest BCUT2D eigenvalue weighted by Gasteiger charge is 2.17. The average Bonchev–Trinajstić information content (AvgIpc) is 3.03. The van der Waals surface area contributed by atoms with Crippen molar-refractivity contribution in [2.45, 2.75) is 13.2 Å². The highest BCUT2D eigenvalue weighted by molar-refractivity contribution is 9.10. The van der Waals surface area contributed by atoms with Gasteiger partial charge in [0.05, 0.1) is 27.8 Å². The standard InChI is InChI=1S/C33H31BrCl2N4O3/c1-42-31-19-25(17-28(34)32(31)43-22-24-9-12-29(35)30(36)18-24)20-37-38-33(41)26-10-7-23(8-11-26)21-39-13-15-40(16-14-39)27-5-3-2-4-6-27/h2-12,17-20H,13-16,21-22H2,1H3,(H,38,41)/b37-20-. The van der Waals surface area contributed by atoms with E-state index in [0.29, 0.717) is 37.1 Å². The lowest BCUT2D eigenvalue weighted by Crippen LogP contribution is -2.45. The number of nitrogens with zero attached hydrogens (tertiary/aromatic N) is 3. The number of methoxy groups -OCH3 is 1. The lowest BCUT2D eigenvalue weighted by atomic mass is 10.1. The Kier molecular flexibility index (Phi) is 10.6. The van der Waals surface area contributed by atoms with Gasteiger partial charge in [-0.3, -0.25) is 9.69 Å². The summed E-state index contributed by atoms with van der Waals surface area (Å²) in [6.45, 7) is 5.12. The van der Waals surface area contributed by atoms with Crippen molar-refractivity contribution in [3.05, 3.63) is 122 Å². The molecule has 1 aliphatic rings. The second-order valence-electron chi connectivity index (χ2n) is 10.1. The molecule has 1 fully saturated rings. The molecule has 0 unspecified atom stereocenters. The van der Waals surface area contributed by atoms with E-state index in [1.807, 2.05) is 42.5 Å². The summed E-state index contributed by atoms with van der Waals surface area (Å²) in [6, 6.07) is 27.1. The number of carbonyl (C=O) groups excluding carboxylic acids is 1. The number of piperazine rings is 1. The van der Waals surface area contributed by atoms with Crippen molar-refractivity contribution >= 4 is 56.9 Å². The third kappa shape index (κ3) is 8.30. The number of rotatable bonds is 10. The number of anilines is 1. The highest BCUT2D eigenvalue weighted by atomic mass is 79.9. The van der Waals surface area contributed by atoms with Crippen LogP contribution < -0.4 is 19.8 Å². The number of halogens is 3. The summed E-state index contributed by atoms with van der Waals surface area (Å²) in [4.78, 5) is 17.6. The normalized spacial score (nSPS) is 13.7. The van der Waals surface area contributed by atoms with Gasteiger partial charge in [0.15, 0.2) is 11.5 Å². The van der Waals surface area contributed by atoms with E-state index in [1.54, 1.807) is 31.5 Å². The first-order chi connectivity index (χ1) is 20.9. The van der Waals surface area contributed by atoms with Crippen molar-refractivity contribution in [1.82, 2.24) is 10.3 Å². The minimum Gasteiger partial charge on any atom is -0.493 e. The molecule has 0 radical (unpaired) electrons. The van der Waals surface area contributed by atoms with Gasteiger partial charge in [0, 0.05) is 44.0 Å². The van der Waals surface area contributed by atoms with Gasteiger partial charge in [-0.25, -0.2) is 5.43 Å². The number of ether oxygens (including phenoxy) is 2. The second kappa shape index (κ2) is 14.8. The van der Waals surface area contributed by atoms with Crippen LogP contribution in [-0.4, -0.2) is 50.3 Å². The molecular formula is C33H31BrCl2N4O3. The Morgan fingerprint density at radius 3 is 2.35 bits per heavy atom. The van der Waals surface area contributed by atoms with Crippen molar-refractivity contribution in [1.29, 1.82) is 0 Å². The van der Waals surface area contributed by atoms with Crippen LogP contribution >= 0.6 is 39.1 Å². The molecule has 4 aromatic carbocycles. The van der Waals surface area contributed by atoms with Gasteiger partial charge in [0.25, 0.3) is 5.91 Å². The van der Waals surface area contributed by atoms with E-state index in [-0.39, 0.29) is 12.5 Å². The Labute approximate surface area is 270 Å². The zero-order chi connectivity index (χ0) is 30.2. The van der Waals surface area contributed by atoms with Gasteiger partial charge < -0.3 is 14.4 Å². The molecule has 0 atom stereocenters. The van der Waals surface area contributed by atoms with Crippen molar-refractivity contribution in [3.63, 3.8) is 0 Å². The summed E-state index contributed by atoms with van der Waals surface area (Å²) in [5.74, 6) is 0.763. The van der Waals surface area contributed by atoms with E-state index in [2.05, 4.69) is 60.5 Å². The summed E-state index contributed by atoms with van der Waals surface area (Å²) >= 11 is 15.7. The number of hydrogen-bond acceptors (Lipinski definition) is 6. The molecule has 1 N–H and O–H groups in total. The van der Waals surface area contributed by atoms with Gasteiger partial charge >= 0.3 is 0 Å². The predicted octanol–water partition coefficient (Wildman–Crippen LogP) is 7.43. The van der Waals surface area contributed by atoms with Crippen molar-refractivity contribution in [3.8, 4) is 11.5 Å².